The van der Waals surface area contributed by atoms with Gasteiger partial charge in [-0.15, -0.1) is 0 Å². The fraction of sp³-hybridized carbons (Fsp3) is 0.929. The van der Waals surface area contributed by atoms with Gasteiger partial charge in [0.15, 0.2) is 0 Å². The van der Waals surface area contributed by atoms with Crippen LogP contribution in [0.25, 0.3) is 0 Å². The summed E-state index contributed by atoms with van der Waals surface area (Å²) in [6.45, 7) is 8.25. The predicted octanol–water partition coefficient (Wildman–Crippen LogP) is 1.29. The van der Waals surface area contributed by atoms with E-state index in [4.69, 9.17) is 0 Å². The van der Waals surface area contributed by atoms with Crippen LogP contribution in [0, 0.1) is 11.3 Å². The highest BCUT2D eigenvalue weighted by Gasteiger charge is 2.38. The van der Waals surface area contributed by atoms with Crippen molar-refractivity contribution in [1.29, 1.82) is 0 Å². The van der Waals surface area contributed by atoms with Crippen LogP contribution in [0.4, 0.5) is 0 Å². The van der Waals surface area contributed by atoms with Gasteiger partial charge in [0.25, 0.3) is 0 Å². The number of piperidine rings is 1. The minimum atomic E-state index is -0.450. The van der Waals surface area contributed by atoms with Crippen molar-refractivity contribution in [2.45, 2.75) is 52.6 Å². The SMILES string of the molecule is CCCC1(C(=O)NCC(O)C(C)C)CCNCC1. The second-order valence-electron chi connectivity index (χ2n) is 5.80. The van der Waals surface area contributed by atoms with Gasteiger partial charge in [-0.1, -0.05) is 27.2 Å². The number of hydrogen-bond acceptors (Lipinski definition) is 3. The molecule has 1 heterocycles. The number of aliphatic hydroxyl groups excluding tert-OH is 1. The second-order valence-corrected chi connectivity index (χ2v) is 5.80. The van der Waals surface area contributed by atoms with Crippen LogP contribution < -0.4 is 10.6 Å². The van der Waals surface area contributed by atoms with E-state index in [2.05, 4.69) is 17.6 Å². The molecular weight excluding hydrogens is 228 g/mol. The standard InChI is InChI=1S/C14H28N2O2/c1-4-5-14(6-8-15-9-7-14)13(18)16-10-12(17)11(2)3/h11-12,15,17H,4-10H2,1-3H3,(H,16,18). The molecule has 0 saturated carbocycles. The van der Waals surface area contributed by atoms with Gasteiger partial charge in [-0.05, 0) is 38.3 Å². The Labute approximate surface area is 111 Å². The summed E-state index contributed by atoms with van der Waals surface area (Å²) < 4.78 is 0. The first-order chi connectivity index (χ1) is 8.52. The number of hydrogen-bond donors (Lipinski definition) is 3. The lowest BCUT2D eigenvalue weighted by Crippen LogP contribution is -2.49. The molecule has 0 radical (unpaired) electrons. The summed E-state index contributed by atoms with van der Waals surface area (Å²) in [4.78, 5) is 12.4. The van der Waals surface area contributed by atoms with Gasteiger partial charge in [0, 0.05) is 6.54 Å². The molecule has 0 aliphatic carbocycles. The van der Waals surface area contributed by atoms with Crippen LogP contribution in [0.15, 0.2) is 0 Å². The topological polar surface area (TPSA) is 61.4 Å². The van der Waals surface area contributed by atoms with Crippen molar-refractivity contribution in [1.82, 2.24) is 10.6 Å². The van der Waals surface area contributed by atoms with Gasteiger partial charge in [0.05, 0.1) is 11.5 Å². The molecule has 0 bridgehead atoms. The highest BCUT2D eigenvalue weighted by Crippen LogP contribution is 2.34. The van der Waals surface area contributed by atoms with Crippen LogP contribution in [0.5, 0.6) is 0 Å². The summed E-state index contributed by atoms with van der Waals surface area (Å²) >= 11 is 0. The van der Waals surface area contributed by atoms with Crippen molar-refractivity contribution in [2.75, 3.05) is 19.6 Å². The van der Waals surface area contributed by atoms with Crippen LogP contribution in [-0.4, -0.2) is 36.8 Å². The lowest BCUT2D eigenvalue weighted by atomic mass is 9.74. The smallest absolute Gasteiger partial charge is 0.226 e. The lowest BCUT2D eigenvalue weighted by Gasteiger charge is -2.36. The van der Waals surface area contributed by atoms with Crippen LogP contribution in [0.2, 0.25) is 0 Å². The van der Waals surface area contributed by atoms with E-state index < -0.39 is 6.10 Å². The number of carbonyl (C=O) groups excluding carboxylic acids is 1. The molecule has 0 aromatic heterocycles. The molecule has 4 nitrogen and oxygen atoms in total. The largest absolute Gasteiger partial charge is 0.391 e. The molecule has 0 aromatic rings. The zero-order valence-electron chi connectivity index (χ0n) is 12.0. The molecule has 1 saturated heterocycles. The van der Waals surface area contributed by atoms with Crippen LogP contribution in [0.3, 0.4) is 0 Å². The molecule has 1 atom stereocenters. The van der Waals surface area contributed by atoms with Crippen molar-refractivity contribution in [2.24, 2.45) is 11.3 Å². The van der Waals surface area contributed by atoms with E-state index in [1.807, 2.05) is 13.8 Å². The molecule has 18 heavy (non-hydrogen) atoms. The molecule has 1 aliphatic rings. The monoisotopic (exact) mass is 256 g/mol. The zero-order chi connectivity index (χ0) is 13.6. The van der Waals surface area contributed by atoms with E-state index in [1.165, 1.54) is 0 Å². The Morgan fingerprint density at radius 2 is 2.00 bits per heavy atom. The average molecular weight is 256 g/mol. The molecule has 1 amide bonds. The third-order valence-corrected chi connectivity index (χ3v) is 4.01. The Hall–Kier alpha value is -0.610. The Kier molecular flexibility index (Phi) is 6.09. The van der Waals surface area contributed by atoms with E-state index in [9.17, 15) is 9.90 Å². The van der Waals surface area contributed by atoms with Crippen LogP contribution >= 0.6 is 0 Å². The molecule has 3 N–H and O–H groups in total. The molecule has 106 valence electrons. The van der Waals surface area contributed by atoms with E-state index >= 15 is 0 Å². The first kappa shape index (κ1) is 15.4. The van der Waals surface area contributed by atoms with Gasteiger partial charge in [0.2, 0.25) is 5.91 Å². The number of nitrogens with one attached hydrogen (secondary N) is 2. The van der Waals surface area contributed by atoms with Gasteiger partial charge in [-0.25, -0.2) is 0 Å². The van der Waals surface area contributed by atoms with Crippen molar-refractivity contribution in [3.63, 3.8) is 0 Å². The van der Waals surface area contributed by atoms with Crippen molar-refractivity contribution >= 4 is 5.91 Å². The molecule has 0 aromatic carbocycles. The second kappa shape index (κ2) is 7.10. The fourth-order valence-electron chi connectivity index (χ4n) is 2.59. The minimum Gasteiger partial charge on any atom is -0.391 e. The number of carbonyl (C=O) groups is 1. The summed E-state index contributed by atoms with van der Waals surface area (Å²) in [5, 5.41) is 16.0. The zero-order valence-corrected chi connectivity index (χ0v) is 12.0. The van der Waals surface area contributed by atoms with E-state index in [1.54, 1.807) is 0 Å². The molecule has 1 rings (SSSR count). The third kappa shape index (κ3) is 3.95. The number of aliphatic hydroxyl groups is 1. The molecule has 1 unspecified atom stereocenters. The van der Waals surface area contributed by atoms with Gasteiger partial charge >= 0.3 is 0 Å². The van der Waals surface area contributed by atoms with Crippen molar-refractivity contribution in [3.8, 4) is 0 Å². The highest BCUT2D eigenvalue weighted by molar-refractivity contribution is 5.82. The summed E-state index contributed by atoms with van der Waals surface area (Å²) in [5.41, 5.74) is -0.212. The normalized spacial score (nSPS) is 20.7. The summed E-state index contributed by atoms with van der Waals surface area (Å²) in [7, 11) is 0. The quantitative estimate of drug-likeness (QED) is 0.671. The van der Waals surface area contributed by atoms with Gasteiger partial charge in [-0.3, -0.25) is 4.79 Å². The Bertz CT molecular complexity index is 255. The first-order valence-corrected chi connectivity index (χ1v) is 7.19. The Morgan fingerprint density at radius 3 is 2.50 bits per heavy atom. The molecular formula is C14H28N2O2. The predicted molar refractivity (Wildman–Crippen MR) is 73.3 cm³/mol. The van der Waals surface area contributed by atoms with Gasteiger partial charge in [0.1, 0.15) is 0 Å². The van der Waals surface area contributed by atoms with Crippen LogP contribution in [0.1, 0.15) is 46.5 Å². The maximum absolute atomic E-state index is 12.4. The van der Waals surface area contributed by atoms with Gasteiger partial charge < -0.3 is 15.7 Å². The van der Waals surface area contributed by atoms with E-state index in [-0.39, 0.29) is 17.2 Å². The van der Waals surface area contributed by atoms with Gasteiger partial charge in [-0.2, -0.15) is 0 Å². The Balaban J connectivity index is 2.54. The Morgan fingerprint density at radius 1 is 1.39 bits per heavy atom. The molecule has 4 heteroatoms. The third-order valence-electron chi connectivity index (χ3n) is 4.01. The minimum absolute atomic E-state index is 0.130. The molecule has 1 fully saturated rings. The van der Waals surface area contributed by atoms with Crippen molar-refractivity contribution in [3.05, 3.63) is 0 Å². The maximum atomic E-state index is 12.4. The summed E-state index contributed by atoms with van der Waals surface area (Å²) in [5.74, 6) is 0.311. The van der Waals surface area contributed by atoms with E-state index in [0.29, 0.717) is 6.54 Å². The fourth-order valence-corrected chi connectivity index (χ4v) is 2.59. The lowest BCUT2D eigenvalue weighted by molar-refractivity contribution is -0.133. The van der Waals surface area contributed by atoms with Crippen molar-refractivity contribution < 1.29 is 9.90 Å². The highest BCUT2D eigenvalue weighted by atomic mass is 16.3. The number of amides is 1. The summed E-state index contributed by atoms with van der Waals surface area (Å²) in [6.07, 6.45) is 3.34. The van der Waals surface area contributed by atoms with E-state index in [0.717, 1.165) is 38.8 Å². The number of rotatable bonds is 6. The molecule has 1 aliphatic heterocycles. The average Bonchev–Trinajstić information content (AvgIpc) is 2.36. The van der Waals surface area contributed by atoms with Crippen LogP contribution in [-0.2, 0) is 4.79 Å². The summed E-state index contributed by atoms with van der Waals surface area (Å²) in [6, 6.07) is 0. The maximum Gasteiger partial charge on any atom is 0.226 e. The first-order valence-electron chi connectivity index (χ1n) is 7.19. The molecule has 0 spiro atoms.